The fourth-order valence-electron chi connectivity index (χ4n) is 3.73. The van der Waals surface area contributed by atoms with Crippen molar-refractivity contribution < 1.29 is 17.6 Å². The van der Waals surface area contributed by atoms with Gasteiger partial charge < -0.3 is 10.6 Å². The molecule has 158 valence electrons. The Morgan fingerprint density at radius 2 is 2.04 bits per heavy atom. The minimum atomic E-state index is -4.14. The van der Waals surface area contributed by atoms with Crippen molar-refractivity contribution in [1.29, 1.82) is 0 Å². The first-order valence-electron chi connectivity index (χ1n) is 9.29. The molecule has 3 rings (SSSR count). The molecule has 1 saturated heterocycles. The van der Waals surface area contributed by atoms with Crippen molar-refractivity contribution >= 4 is 29.9 Å². The van der Waals surface area contributed by atoms with Gasteiger partial charge in [-0.3, -0.25) is 9.89 Å². The van der Waals surface area contributed by atoms with E-state index < -0.39 is 12.7 Å². The van der Waals surface area contributed by atoms with Crippen molar-refractivity contribution in [1.82, 2.24) is 15.5 Å². The van der Waals surface area contributed by atoms with Crippen molar-refractivity contribution in [2.75, 3.05) is 39.8 Å². The van der Waals surface area contributed by atoms with E-state index in [4.69, 9.17) is 0 Å². The van der Waals surface area contributed by atoms with Crippen molar-refractivity contribution in [3.8, 4) is 0 Å². The quantitative estimate of drug-likeness (QED) is 0.264. The number of nitrogens with zero attached hydrogens (tertiary/aromatic N) is 2. The van der Waals surface area contributed by atoms with E-state index in [1.54, 1.807) is 19.2 Å². The van der Waals surface area contributed by atoms with Gasteiger partial charge in [-0.15, -0.1) is 24.0 Å². The molecule has 9 heteroatoms. The number of nitrogens with one attached hydrogen (secondary N) is 2. The summed E-state index contributed by atoms with van der Waals surface area (Å²) in [4.78, 5) is 5.65. The Kier molecular flexibility index (Phi) is 7.95. The van der Waals surface area contributed by atoms with Gasteiger partial charge in [0.05, 0.1) is 6.54 Å². The molecule has 1 aliphatic heterocycles. The fourth-order valence-corrected chi connectivity index (χ4v) is 3.73. The van der Waals surface area contributed by atoms with Crippen LogP contribution in [0.25, 0.3) is 0 Å². The van der Waals surface area contributed by atoms with Crippen LogP contribution in [0.15, 0.2) is 29.3 Å². The molecule has 1 aliphatic carbocycles. The normalized spacial score (nSPS) is 21.9. The van der Waals surface area contributed by atoms with Crippen LogP contribution in [-0.2, 0) is 5.41 Å². The van der Waals surface area contributed by atoms with Gasteiger partial charge in [-0.2, -0.15) is 13.2 Å². The Hall–Kier alpha value is -1.10. The lowest BCUT2D eigenvalue weighted by Crippen LogP contribution is -2.43. The Labute approximate surface area is 180 Å². The minimum Gasteiger partial charge on any atom is -0.356 e. The maximum Gasteiger partial charge on any atom is 0.401 e. The summed E-state index contributed by atoms with van der Waals surface area (Å²) in [5, 5.41) is 6.50. The molecule has 0 aromatic heterocycles. The molecule has 2 fully saturated rings. The van der Waals surface area contributed by atoms with Gasteiger partial charge >= 0.3 is 6.18 Å². The molecule has 0 amide bonds. The topological polar surface area (TPSA) is 39.7 Å². The molecule has 0 spiro atoms. The van der Waals surface area contributed by atoms with E-state index >= 15 is 0 Å². The van der Waals surface area contributed by atoms with Gasteiger partial charge in [0.1, 0.15) is 5.82 Å². The zero-order valence-corrected chi connectivity index (χ0v) is 18.2. The highest BCUT2D eigenvalue weighted by Crippen LogP contribution is 2.47. The molecule has 28 heavy (non-hydrogen) atoms. The second-order valence-electron chi connectivity index (χ2n) is 7.60. The average molecular weight is 514 g/mol. The van der Waals surface area contributed by atoms with E-state index in [1.807, 2.05) is 6.07 Å². The zero-order valence-electron chi connectivity index (χ0n) is 15.9. The molecular formula is C19H27F4IN4. The highest BCUT2D eigenvalue weighted by atomic mass is 127. The number of hydrogen-bond acceptors (Lipinski definition) is 2. The van der Waals surface area contributed by atoms with Crippen LogP contribution in [0, 0.1) is 11.7 Å². The van der Waals surface area contributed by atoms with Crippen LogP contribution in [-0.4, -0.2) is 56.8 Å². The van der Waals surface area contributed by atoms with E-state index in [-0.39, 0.29) is 41.1 Å². The summed E-state index contributed by atoms with van der Waals surface area (Å²) in [5.41, 5.74) is 0.931. The summed E-state index contributed by atoms with van der Waals surface area (Å²) in [6, 6.07) is 6.70. The van der Waals surface area contributed by atoms with Gasteiger partial charge in [-0.05, 0) is 49.4 Å². The Morgan fingerprint density at radius 3 is 2.64 bits per heavy atom. The molecule has 2 N–H and O–H groups in total. The summed E-state index contributed by atoms with van der Waals surface area (Å²) in [7, 11) is 1.67. The van der Waals surface area contributed by atoms with Crippen LogP contribution in [0.2, 0.25) is 0 Å². The number of aliphatic imine (C=N–C) groups is 1. The van der Waals surface area contributed by atoms with E-state index in [1.165, 1.54) is 11.0 Å². The number of halogens is 5. The van der Waals surface area contributed by atoms with Gasteiger partial charge in [0, 0.05) is 32.1 Å². The van der Waals surface area contributed by atoms with Crippen molar-refractivity contribution in [2.45, 2.75) is 30.9 Å². The number of guanidine groups is 1. The first kappa shape index (κ1) is 23.2. The highest BCUT2D eigenvalue weighted by Gasteiger charge is 2.44. The largest absolute Gasteiger partial charge is 0.401 e. The number of rotatable bonds is 6. The van der Waals surface area contributed by atoms with Crippen LogP contribution >= 0.6 is 24.0 Å². The van der Waals surface area contributed by atoms with Gasteiger partial charge in [0.25, 0.3) is 0 Å². The molecule has 1 aromatic rings. The van der Waals surface area contributed by atoms with E-state index in [0.717, 1.165) is 24.8 Å². The summed E-state index contributed by atoms with van der Waals surface area (Å²) < 4.78 is 50.9. The average Bonchev–Trinajstić information content (AvgIpc) is 3.27. The van der Waals surface area contributed by atoms with Gasteiger partial charge in [0.15, 0.2) is 5.96 Å². The predicted octanol–water partition coefficient (Wildman–Crippen LogP) is 3.52. The molecule has 4 nitrogen and oxygen atoms in total. The van der Waals surface area contributed by atoms with E-state index in [2.05, 4.69) is 15.6 Å². The Bertz CT molecular complexity index is 676. The third-order valence-electron chi connectivity index (χ3n) is 5.44. The second-order valence-corrected chi connectivity index (χ2v) is 7.60. The van der Waals surface area contributed by atoms with E-state index in [9.17, 15) is 17.6 Å². The lowest BCUT2D eigenvalue weighted by atomic mass is 9.96. The van der Waals surface area contributed by atoms with Crippen LogP contribution < -0.4 is 10.6 Å². The molecule has 1 aromatic carbocycles. The number of hydrogen-bond donors (Lipinski definition) is 2. The second kappa shape index (κ2) is 9.60. The SMILES string of the molecule is CN=C(NCC1CCN(CC(F)(F)F)C1)NCC1(c2cccc(F)c2)CC1.I. The Balaban J connectivity index is 0.00000280. The first-order chi connectivity index (χ1) is 12.8. The molecule has 1 heterocycles. The lowest BCUT2D eigenvalue weighted by molar-refractivity contribution is -0.143. The summed E-state index contributed by atoms with van der Waals surface area (Å²) in [6.07, 6.45) is -1.41. The monoisotopic (exact) mass is 514 g/mol. The van der Waals surface area contributed by atoms with Crippen LogP contribution in [0.4, 0.5) is 17.6 Å². The van der Waals surface area contributed by atoms with Gasteiger partial charge in [0.2, 0.25) is 0 Å². The van der Waals surface area contributed by atoms with Crippen molar-refractivity contribution in [2.24, 2.45) is 10.9 Å². The summed E-state index contributed by atoms with van der Waals surface area (Å²) in [5.74, 6) is 0.571. The van der Waals surface area contributed by atoms with Gasteiger partial charge in [-0.25, -0.2) is 4.39 Å². The third kappa shape index (κ3) is 6.47. The number of alkyl halides is 3. The molecule has 2 aliphatic rings. The standard InChI is InChI=1S/C19H26F4N4.HI/c1-24-17(25-10-14-5-8-27(11-14)13-19(21,22)23)26-12-18(6-7-18)15-3-2-4-16(20)9-15;/h2-4,9,14H,5-8,10-13H2,1H3,(H2,24,25,26);1H. The van der Waals surface area contributed by atoms with Crippen LogP contribution in [0.1, 0.15) is 24.8 Å². The fraction of sp³-hybridized carbons (Fsp3) is 0.632. The molecule has 0 bridgehead atoms. The van der Waals surface area contributed by atoms with Crippen LogP contribution in [0.5, 0.6) is 0 Å². The maximum absolute atomic E-state index is 13.5. The summed E-state index contributed by atoms with van der Waals surface area (Å²) in [6.45, 7) is 1.31. The van der Waals surface area contributed by atoms with Crippen molar-refractivity contribution in [3.63, 3.8) is 0 Å². The maximum atomic E-state index is 13.5. The molecule has 1 saturated carbocycles. The first-order valence-corrected chi connectivity index (χ1v) is 9.29. The van der Waals surface area contributed by atoms with Crippen molar-refractivity contribution in [3.05, 3.63) is 35.6 Å². The number of benzene rings is 1. The third-order valence-corrected chi connectivity index (χ3v) is 5.44. The van der Waals surface area contributed by atoms with E-state index in [0.29, 0.717) is 32.1 Å². The zero-order chi connectivity index (χ0) is 19.5. The minimum absolute atomic E-state index is 0. The molecule has 0 radical (unpaired) electrons. The lowest BCUT2D eigenvalue weighted by Gasteiger charge is -2.21. The Morgan fingerprint density at radius 1 is 1.29 bits per heavy atom. The highest BCUT2D eigenvalue weighted by molar-refractivity contribution is 14.0. The summed E-state index contributed by atoms with van der Waals surface area (Å²) >= 11 is 0. The van der Waals surface area contributed by atoms with Gasteiger partial charge in [-0.1, -0.05) is 12.1 Å². The molecular weight excluding hydrogens is 487 g/mol. The van der Waals surface area contributed by atoms with Crippen LogP contribution in [0.3, 0.4) is 0 Å². The molecule has 1 atom stereocenters. The smallest absolute Gasteiger partial charge is 0.356 e. The molecule has 1 unspecified atom stereocenters. The predicted molar refractivity (Wildman–Crippen MR) is 113 cm³/mol. The number of likely N-dealkylation sites (tertiary alicyclic amines) is 1.